The van der Waals surface area contributed by atoms with E-state index in [1.54, 1.807) is 0 Å². The van der Waals surface area contributed by atoms with Crippen LogP contribution in [-0.4, -0.2) is 9.97 Å². The lowest BCUT2D eigenvalue weighted by Crippen LogP contribution is -2.26. The van der Waals surface area contributed by atoms with Gasteiger partial charge >= 0.3 is 0 Å². The largest absolute Gasteiger partial charge is 0.249 e. The second kappa shape index (κ2) is 5.04. The summed E-state index contributed by atoms with van der Waals surface area (Å²) in [5.74, 6) is 0. The van der Waals surface area contributed by atoms with E-state index in [4.69, 9.17) is 9.97 Å². The molecule has 0 saturated carbocycles. The number of benzene rings is 1. The van der Waals surface area contributed by atoms with Gasteiger partial charge in [0.25, 0.3) is 0 Å². The molecule has 0 aliphatic heterocycles. The van der Waals surface area contributed by atoms with Gasteiger partial charge in [-0.05, 0) is 17.0 Å². The first-order chi connectivity index (χ1) is 9.82. The van der Waals surface area contributed by atoms with Crippen molar-refractivity contribution in [2.45, 2.75) is 78.6 Å². The lowest BCUT2D eigenvalue weighted by Gasteiger charge is -2.29. The van der Waals surface area contributed by atoms with Crippen LogP contribution in [0.2, 0.25) is 0 Å². The van der Waals surface area contributed by atoms with Crippen molar-refractivity contribution >= 4 is 11.0 Å². The first-order valence-corrected chi connectivity index (χ1v) is 8.14. The second-order valence-electron chi connectivity index (χ2n) is 9.34. The van der Waals surface area contributed by atoms with Crippen LogP contribution in [-0.2, 0) is 16.2 Å². The van der Waals surface area contributed by atoms with E-state index in [0.717, 1.165) is 22.4 Å². The molecule has 0 amide bonds. The lowest BCUT2D eigenvalue weighted by molar-refractivity contribution is 0.501. The van der Waals surface area contributed by atoms with Crippen LogP contribution in [0.25, 0.3) is 11.0 Å². The van der Waals surface area contributed by atoms with Crippen LogP contribution in [0, 0.1) is 0 Å². The van der Waals surface area contributed by atoms with Crippen molar-refractivity contribution < 1.29 is 0 Å². The van der Waals surface area contributed by atoms with Gasteiger partial charge in [0, 0.05) is 10.8 Å². The van der Waals surface area contributed by atoms with Crippen LogP contribution in [0.5, 0.6) is 0 Å². The summed E-state index contributed by atoms with van der Waals surface area (Å²) in [5.41, 5.74) is 5.58. The van der Waals surface area contributed by atoms with E-state index in [2.05, 4.69) is 80.5 Å². The van der Waals surface area contributed by atoms with Gasteiger partial charge in [0.2, 0.25) is 0 Å². The summed E-state index contributed by atoms with van der Waals surface area (Å²) < 4.78 is 0. The van der Waals surface area contributed by atoms with Crippen LogP contribution in [0.1, 0.15) is 79.3 Å². The van der Waals surface area contributed by atoms with E-state index >= 15 is 0 Å². The van der Waals surface area contributed by atoms with Crippen LogP contribution in [0.15, 0.2) is 18.2 Å². The summed E-state index contributed by atoms with van der Waals surface area (Å²) in [6.45, 7) is 20.0. The summed E-state index contributed by atoms with van der Waals surface area (Å²) in [4.78, 5) is 10.1. The highest BCUT2D eigenvalue weighted by atomic mass is 14.9. The predicted octanol–water partition coefficient (Wildman–Crippen LogP) is 5.52. The number of aromatic nitrogens is 2. The molecule has 0 saturated heterocycles. The molecule has 0 aliphatic carbocycles. The topological polar surface area (TPSA) is 25.8 Å². The van der Waals surface area contributed by atoms with Crippen molar-refractivity contribution in [3.8, 4) is 0 Å². The van der Waals surface area contributed by atoms with Gasteiger partial charge in [-0.1, -0.05) is 74.4 Å². The average Bonchev–Trinajstić information content (AvgIpc) is 2.33. The number of rotatable bonds is 0. The molecule has 120 valence electrons. The molecule has 1 aromatic heterocycles. The van der Waals surface area contributed by atoms with E-state index in [1.165, 1.54) is 5.56 Å². The van der Waals surface area contributed by atoms with Crippen molar-refractivity contribution in [3.05, 3.63) is 35.2 Å². The molecule has 0 N–H and O–H groups in total. The van der Waals surface area contributed by atoms with Gasteiger partial charge < -0.3 is 0 Å². The van der Waals surface area contributed by atoms with E-state index in [9.17, 15) is 0 Å². The van der Waals surface area contributed by atoms with Crippen LogP contribution in [0.4, 0.5) is 0 Å². The quantitative estimate of drug-likeness (QED) is 0.639. The van der Waals surface area contributed by atoms with E-state index < -0.39 is 0 Å². The maximum Gasteiger partial charge on any atom is 0.0927 e. The Kier molecular flexibility index (Phi) is 3.88. The highest BCUT2D eigenvalue weighted by molar-refractivity contribution is 5.79. The smallest absolute Gasteiger partial charge is 0.0927 e. The summed E-state index contributed by atoms with van der Waals surface area (Å²) >= 11 is 0. The van der Waals surface area contributed by atoms with Crippen LogP contribution >= 0.6 is 0 Å². The molecule has 0 bridgehead atoms. The Hall–Kier alpha value is -1.44. The summed E-state index contributed by atoms with van der Waals surface area (Å²) in [5, 5.41) is 0. The number of fused-ring (bicyclic) bond motifs is 1. The Morgan fingerprint density at radius 1 is 0.636 bits per heavy atom. The zero-order valence-corrected chi connectivity index (χ0v) is 15.6. The third-order valence-electron chi connectivity index (χ3n) is 3.92. The lowest BCUT2D eigenvalue weighted by atomic mass is 9.80. The van der Waals surface area contributed by atoms with E-state index in [0.29, 0.717) is 0 Å². The molecule has 0 spiro atoms. The van der Waals surface area contributed by atoms with E-state index in [-0.39, 0.29) is 16.2 Å². The Bertz CT molecular complexity index is 692. The van der Waals surface area contributed by atoms with Gasteiger partial charge in [0.05, 0.1) is 22.4 Å². The summed E-state index contributed by atoms with van der Waals surface area (Å²) in [6, 6.07) is 6.36. The second-order valence-corrected chi connectivity index (χ2v) is 9.34. The molecule has 22 heavy (non-hydrogen) atoms. The normalized spacial score (nSPS) is 13.7. The summed E-state index contributed by atoms with van der Waals surface area (Å²) in [6.07, 6.45) is 0. The van der Waals surface area contributed by atoms with Crippen molar-refractivity contribution in [2.75, 3.05) is 0 Å². The molecule has 1 heterocycles. The molecule has 0 unspecified atom stereocenters. The van der Waals surface area contributed by atoms with Gasteiger partial charge in [-0.2, -0.15) is 0 Å². The number of nitrogens with zero attached hydrogens (tertiary/aromatic N) is 2. The van der Waals surface area contributed by atoms with Crippen molar-refractivity contribution in [2.24, 2.45) is 0 Å². The van der Waals surface area contributed by atoms with Gasteiger partial charge in [-0.15, -0.1) is 0 Å². The molecule has 0 atom stereocenters. The zero-order valence-electron chi connectivity index (χ0n) is 15.6. The molecule has 2 nitrogen and oxygen atoms in total. The van der Waals surface area contributed by atoms with Gasteiger partial charge in [-0.25, -0.2) is 9.97 Å². The molecule has 2 aromatic rings. The van der Waals surface area contributed by atoms with Crippen LogP contribution < -0.4 is 0 Å². The fraction of sp³-hybridized carbons (Fsp3) is 0.600. The Balaban J connectivity index is 2.91. The summed E-state index contributed by atoms with van der Waals surface area (Å²) in [7, 11) is 0. The standard InChI is InChI=1S/C20H30N2/c1-18(2,3)13-11-10-12-14-15(13)22-17(20(7,8)9)16(21-14)19(4,5)6/h10-12H,1-9H3. The van der Waals surface area contributed by atoms with Gasteiger partial charge in [0.1, 0.15) is 0 Å². The van der Waals surface area contributed by atoms with Crippen LogP contribution in [0.3, 0.4) is 0 Å². The first kappa shape index (κ1) is 16.9. The van der Waals surface area contributed by atoms with Crippen molar-refractivity contribution in [1.82, 2.24) is 9.97 Å². The number of hydrogen-bond donors (Lipinski definition) is 0. The Labute approximate surface area is 135 Å². The van der Waals surface area contributed by atoms with Gasteiger partial charge in [-0.3, -0.25) is 0 Å². The van der Waals surface area contributed by atoms with E-state index in [1.807, 2.05) is 0 Å². The third-order valence-corrected chi connectivity index (χ3v) is 3.92. The average molecular weight is 298 g/mol. The third kappa shape index (κ3) is 3.16. The predicted molar refractivity (Wildman–Crippen MR) is 95.6 cm³/mol. The maximum absolute atomic E-state index is 5.12. The molecule has 0 aliphatic rings. The SMILES string of the molecule is CC(C)(C)c1nc2cccc(C(C)(C)C)c2nc1C(C)(C)C. The first-order valence-electron chi connectivity index (χ1n) is 8.14. The molecule has 2 heteroatoms. The fourth-order valence-corrected chi connectivity index (χ4v) is 2.73. The zero-order chi connectivity index (χ0) is 16.9. The number of hydrogen-bond acceptors (Lipinski definition) is 2. The maximum atomic E-state index is 5.12. The Morgan fingerprint density at radius 2 is 1.14 bits per heavy atom. The fourth-order valence-electron chi connectivity index (χ4n) is 2.73. The Morgan fingerprint density at radius 3 is 1.59 bits per heavy atom. The van der Waals surface area contributed by atoms with Crippen molar-refractivity contribution in [3.63, 3.8) is 0 Å². The van der Waals surface area contributed by atoms with Crippen molar-refractivity contribution in [1.29, 1.82) is 0 Å². The highest BCUT2D eigenvalue weighted by Gasteiger charge is 2.30. The highest BCUT2D eigenvalue weighted by Crippen LogP contribution is 2.35. The monoisotopic (exact) mass is 298 g/mol. The molecular formula is C20H30N2. The minimum Gasteiger partial charge on any atom is -0.249 e. The van der Waals surface area contributed by atoms with Gasteiger partial charge in [0.15, 0.2) is 0 Å². The molecule has 1 aromatic carbocycles. The molecule has 0 fully saturated rings. The minimum atomic E-state index is -0.0190. The molecule has 2 rings (SSSR count). The molecular weight excluding hydrogens is 268 g/mol. The molecule has 0 radical (unpaired) electrons. The number of para-hydroxylation sites is 1. The minimum absolute atomic E-state index is 0.0124.